The molecule has 16 heavy (non-hydrogen) atoms. The largest absolute Gasteiger partial charge is 0.353 e. The lowest BCUT2D eigenvalue weighted by atomic mass is 10.4. The van der Waals surface area contributed by atoms with Crippen molar-refractivity contribution in [1.29, 1.82) is 0 Å². The number of hydrogen-bond acceptors (Lipinski definition) is 3. The standard InChI is InChI=1S/C11H19N3OS/c1-8-6-14(7-9(2)16(3)15)11(12-8)13-10-4-5-10/h6,9-10H,4-5,7H2,1-3H3,(H,12,13). The van der Waals surface area contributed by atoms with Gasteiger partial charge in [0.15, 0.2) is 0 Å². The van der Waals surface area contributed by atoms with E-state index < -0.39 is 10.8 Å². The second-order valence-corrected chi connectivity index (χ2v) is 6.39. The van der Waals surface area contributed by atoms with Gasteiger partial charge >= 0.3 is 0 Å². The highest BCUT2D eigenvalue weighted by atomic mass is 32.2. The molecule has 5 heteroatoms. The van der Waals surface area contributed by atoms with Crippen molar-refractivity contribution in [3.05, 3.63) is 11.9 Å². The lowest BCUT2D eigenvalue weighted by molar-refractivity contribution is 0.644. The Labute approximate surface area is 98.9 Å². The minimum absolute atomic E-state index is 0.161. The molecule has 0 aliphatic heterocycles. The Morgan fingerprint density at radius 3 is 2.94 bits per heavy atom. The van der Waals surface area contributed by atoms with Crippen LogP contribution in [0.15, 0.2) is 6.20 Å². The minimum Gasteiger partial charge on any atom is -0.353 e. The molecule has 0 radical (unpaired) electrons. The van der Waals surface area contributed by atoms with Gasteiger partial charge in [0.1, 0.15) is 0 Å². The number of aromatic nitrogens is 2. The summed E-state index contributed by atoms with van der Waals surface area (Å²) >= 11 is 0. The molecule has 2 rings (SSSR count). The molecular formula is C11H19N3OS. The maximum absolute atomic E-state index is 11.4. The SMILES string of the molecule is Cc1cn(CC(C)S(C)=O)c(NC2CC2)n1. The normalized spacial score (nSPS) is 19.4. The maximum Gasteiger partial charge on any atom is 0.203 e. The van der Waals surface area contributed by atoms with E-state index in [2.05, 4.69) is 14.9 Å². The molecule has 2 unspecified atom stereocenters. The molecule has 1 N–H and O–H groups in total. The molecule has 4 nitrogen and oxygen atoms in total. The molecule has 0 bridgehead atoms. The highest BCUT2D eigenvalue weighted by molar-refractivity contribution is 7.84. The van der Waals surface area contributed by atoms with E-state index in [0.29, 0.717) is 6.04 Å². The van der Waals surface area contributed by atoms with Gasteiger partial charge in [-0.3, -0.25) is 4.21 Å². The van der Waals surface area contributed by atoms with Gasteiger partial charge in [0, 0.05) is 41.1 Å². The van der Waals surface area contributed by atoms with Crippen molar-refractivity contribution in [3.8, 4) is 0 Å². The van der Waals surface area contributed by atoms with Gasteiger partial charge in [-0.2, -0.15) is 0 Å². The van der Waals surface area contributed by atoms with Crippen molar-refractivity contribution >= 4 is 16.7 Å². The fourth-order valence-electron chi connectivity index (χ4n) is 1.59. The molecule has 0 spiro atoms. The van der Waals surface area contributed by atoms with E-state index in [9.17, 15) is 4.21 Å². The summed E-state index contributed by atoms with van der Waals surface area (Å²) in [6.45, 7) is 4.76. The molecule has 1 heterocycles. The number of aryl methyl sites for hydroxylation is 1. The zero-order valence-corrected chi connectivity index (χ0v) is 10.9. The third kappa shape index (κ3) is 2.84. The van der Waals surface area contributed by atoms with E-state index in [0.717, 1.165) is 18.2 Å². The molecule has 0 amide bonds. The van der Waals surface area contributed by atoms with Crippen LogP contribution >= 0.6 is 0 Å². The first kappa shape index (κ1) is 11.6. The molecule has 2 atom stereocenters. The summed E-state index contributed by atoms with van der Waals surface area (Å²) < 4.78 is 13.4. The van der Waals surface area contributed by atoms with E-state index in [1.807, 2.05) is 20.0 Å². The van der Waals surface area contributed by atoms with Crippen LogP contribution in [-0.4, -0.2) is 31.3 Å². The average molecular weight is 241 g/mol. The van der Waals surface area contributed by atoms with Crippen LogP contribution in [0.25, 0.3) is 0 Å². The predicted molar refractivity (Wildman–Crippen MR) is 67.1 cm³/mol. The first-order valence-electron chi connectivity index (χ1n) is 5.69. The van der Waals surface area contributed by atoms with Crippen LogP contribution in [0, 0.1) is 6.92 Å². The fourth-order valence-corrected chi connectivity index (χ4v) is 1.96. The first-order valence-corrected chi connectivity index (χ1v) is 7.31. The highest BCUT2D eigenvalue weighted by Gasteiger charge is 2.23. The Morgan fingerprint density at radius 2 is 2.38 bits per heavy atom. The summed E-state index contributed by atoms with van der Waals surface area (Å²) in [7, 11) is -0.783. The van der Waals surface area contributed by atoms with Crippen LogP contribution in [0.4, 0.5) is 5.95 Å². The van der Waals surface area contributed by atoms with Crippen LogP contribution in [-0.2, 0) is 17.3 Å². The van der Waals surface area contributed by atoms with E-state index in [1.54, 1.807) is 6.26 Å². The third-order valence-corrected chi connectivity index (χ3v) is 4.11. The molecule has 1 fully saturated rings. The van der Waals surface area contributed by atoms with E-state index in [4.69, 9.17) is 0 Å². The van der Waals surface area contributed by atoms with Crippen LogP contribution in [0.1, 0.15) is 25.5 Å². The van der Waals surface area contributed by atoms with Gasteiger partial charge in [0.2, 0.25) is 5.95 Å². The van der Waals surface area contributed by atoms with Crippen molar-refractivity contribution in [3.63, 3.8) is 0 Å². The number of imidazole rings is 1. The van der Waals surface area contributed by atoms with Gasteiger partial charge < -0.3 is 9.88 Å². The monoisotopic (exact) mass is 241 g/mol. The quantitative estimate of drug-likeness (QED) is 0.850. The lowest BCUT2D eigenvalue weighted by Crippen LogP contribution is -2.19. The minimum atomic E-state index is -0.783. The molecule has 1 aliphatic carbocycles. The molecule has 1 aromatic heterocycles. The fraction of sp³-hybridized carbons (Fsp3) is 0.727. The van der Waals surface area contributed by atoms with E-state index in [-0.39, 0.29) is 5.25 Å². The number of nitrogens with zero attached hydrogens (tertiary/aromatic N) is 2. The van der Waals surface area contributed by atoms with Crippen molar-refractivity contribution < 1.29 is 4.21 Å². The Morgan fingerprint density at radius 1 is 1.69 bits per heavy atom. The molecule has 0 saturated heterocycles. The molecule has 1 saturated carbocycles. The number of anilines is 1. The topological polar surface area (TPSA) is 46.9 Å². The third-order valence-electron chi connectivity index (χ3n) is 2.83. The second kappa shape index (κ2) is 4.57. The Bertz CT molecular complexity index is 398. The van der Waals surface area contributed by atoms with Crippen molar-refractivity contribution in [2.75, 3.05) is 11.6 Å². The molecule has 1 aromatic rings. The number of rotatable bonds is 5. The van der Waals surface area contributed by atoms with Crippen LogP contribution in [0.3, 0.4) is 0 Å². The van der Waals surface area contributed by atoms with Gasteiger partial charge in [-0.1, -0.05) is 0 Å². The molecule has 0 aromatic carbocycles. The second-order valence-electron chi connectivity index (χ2n) is 4.59. The lowest BCUT2D eigenvalue weighted by Gasteiger charge is -2.12. The molecule has 90 valence electrons. The maximum atomic E-state index is 11.4. The van der Waals surface area contributed by atoms with Gasteiger partial charge in [-0.25, -0.2) is 4.98 Å². The summed E-state index contributed by atoms with van der Waals surface area (Å²) in [5.41, 5.74) is 1.01. The van der Waals surface area contributed by atoms with Crippen LogP contribution in [0.5, 0.6) is 0 Å². The summed E-state index contributed by atoms with van der Waals surface area (Å²) in [5, 5.41) is 3.56. The Hall–Kier alpha value is -0.840. The van der Waals surface area contributed by atoms with Crippen molar-refractivity contribution in [1.82, 2.24) is 9.55 Å². The van der Waals surface area contributed by atoms with Gasteiger partial charge in [0.05, 0.1) is 5.69 Å². The number of hydrogen-bond donors (Lipinski definition) is 1. The van der Waals surface area contributed by atoms with Gasteiger partial charge in [0.25, 0.3) is 0 Å². The molecule has 1 aliphatic rings. The van der Waals surface area contributed by atoms with E-state index in [1.165, 1.54) is 12.8 Å². The van der Waals surface area contributed by atoms with E-state index >= 15 is 0 Å². The zero-order valence-electron chi connectivity index (χ0n) is 10.1. The van der Waals surface area contributed by atoms with Crippen LogP contribution < -0.4 is 5.32 Å². The van der Waals surface area contributed by atoms with Crippen molar-refractivity contribution in [2.45, 2.75) is 44.5 Å². The summed E-state index contributed by atoms with van der Waals surface area (Å²) in [6, 6.07) is 0.600. The summed E-state index contributed by atoms with van der Waals surface area (Å²) in [4.78, 5) is 4.46. The Balaban J connectivity index is 2.08. The Kier molecular flexibility index (Phi) is 3.33. The summed E-state index contributed by atoms with van der Waals surface area (Å²) in [6.07, 6.45) is 6.25. The first-order chi connectivity index (χ1) is 7.56. The zero-order chi connectivity index (χ0) is 11.7. The molecular weight excluding hydrogens is 222 g/mol. The summed E-state index contributed by atoms with van der Waals surface area (Å²) in [5.74, 6) is 0.928. The smallest absolute Gasteiger partial charge is 0.203 e. The van der Waals surface area contributed by atoms with Gasteiger partial charge in [-0.05, 0) is 26.7 Å². The van der Waals surface area contributed by atoms with Gasteiger partial charge in [-0.15, -0.1) is 0 Å². The predicted octanol–water partition coefficient (Wildman–Crippen LogP) is 1.53. The highest BCUT2D eigenvalue weighted by Crippen LogP contribution is 2.24. The number of nitrogens with one attached hydrogen (secondary N) is 1. The van der Waals surface area contributed by atoms with Crippen molar-refractivity contribution in [2.24, 2.45) is 0 Å². The van der Waals surface area contributed by atoms with Crippen LogP contribution in [0.2, 0.25) is 0 Å². The average Bonchev–Trinajstić information content (AvgIpc) is 2.93.